The van der Waals surface area contributed by atoms with Gasteiger partial charge in [-0.05, 0) is 104 Å². The predicted molar refractivity (Wildman–Crippen MR) is 124 cm³/mol. The first-order chi connectivity index (χ1) is 14.4. The number of pyridine rings is 1. The van der Waals surface area contributed by atoms with Crippen molar-refractivity contribution in [2.24, 2.45) is 46.3 Å². The molecule has 1 aromatic rings. The van der Waals surface area contributed by atoms with E-state index in [4.69, 9.17) is 0 Å². The van der Waals surface area contributed by atoms with E-state index in [0.717, 1.165) is 36.0 Å². The molecule has 0 N–H and O–H groups in total. The van der Waals surface area contributed by atoms with Crippen molar-refractivity contribution in [3.05, 3.63) is 30.1 Å². The second-order valence-corrected chi connectivity index (χ2v) is 11.3. The zero-order valence-corrected chi connectivity index (χ0v) is 20.0. The van der Waals surface area contributed by atoms with E-state index in [2.05, 4.69) is 25.8 Å². The molecule has 0 spiro atoms. The van der Waals surface area contributed by atoms with Crippen molar-refractivity contribution in [1.82, 2.24) is 4.98 Å². The standard InChI is InChI=1S/C26H37NO.C2H6/c1-17-11-13-25(2)18(16-17)7-8-19-20-9-10-22(26(20,3)14-12-21(19)25)24(28)23-6-4-5-15-27-23;1-2/h4-6,15,17-22H,7-14,16H2,1-3H3;1-2H3. The van der Waals surface area contributed by atoms with Crippen molar-refractivity contribution in [2.45, 2.75) is 92.4 Å². The third-order valence-corrected chi connectivity index (χ3v) is 10.2. The molecule has 30 heavy (non-hydrogen) atoms. The van der Waals surface area contributed by atoms with Gasteiger partial charge >= 0.3 is 0 Å². The number of Topliss-reactive ketones (excluding diaryl/α,β-unsaturated/α-hetero) is 1. The maximum Gasteiger partial charge on any atom is 0.184 e. The molecule has 1 aromatic heterocycles. The molecule has 8 unspecified atom stereocenters. The fourth-order valence-electron chi connectivity index (χ4n) is 8.59. The van der Waals surface area contributed by atoms with Crippen LogP contribution in [0.5, 0.6) is 0 Å². The van der Waals surface area contributed by atoms with Gasteiger partial charge in [-0.25, -0.2) is 0 Å². The lowest BCUT2D eigenvalue weighted by Gasteiger charge is -2.61. The van der Waals surface area contributed by atoms with Gasteiger partial charge in [0, 0.05) is 12.1 Å². The van der Waals surface area contributed by atoms with Gasteiger partial charge in [-0.15, -0.1) is 0 Å². The number of rotatable bonds is 2. The largest absolute Gasteiger partial charge is 0.292 e. The Bertz CT molecular complexity index is 744. The summed E-state index contributed by atoms with van der Waals surface area (Å²) in [5.41, 5.74) is 1.45. The molecular formula is C28H43NO. The van der Waals surface area contributed by atoms with Gasteiger partial charge < -0.3 is 0 Å². The smallest absolute Gasteiger partial charge is 0.184 e. The number of hydrogen-bond donors (Lipinski definition) is 0. The van der Waals surface area contributed by atoms with E-state index in [0.29, 0.717) is 16.9 Å². The number of carbonyl (C=O) groups is 1. The van der Waals surface area contributed by atoms with Gasteiger partial charge in [-0.2, -0.15) is 0 Å². The van der Waals surface area contributed by atoms with E-state index in [-0.39, 0.29) is 11.3 Å². The molecule has 2 heteroatoms. The van der Waals surface area contributed by atoms with Crippen LogP contribution in [0.4, 0.5) is 0 Å². The Morgan fingerprint density at radius 3 is 2.40 bits per heavy atom. The summed E-state index contributed by atoms with van der Waals surface area (Å²) in [6.07, 6.45) is 13.9. The van der Waals surface area contributed by atoms with Crippen LogP contribution in [0, 0.1) is 46.3 Å². The predicted octanol–water partition coefficient (Wildman–Crippen LogP) is 7.59. The third-order valence-electron chi connectivity index (χ3n) is 10.2. The average molecular weight is 410 g/mol. The van der Waals surface area contributed by atoms with Gasteiger partial charge in [-0.1, -0.05) is 47.1 Å². The number of ketones is 1. The van der Waals surface area contributed by atoms with Crippen LogP contribution in [0.15, 0.2) is 24.4 Å². The molecule has 0 saturated heterocycles. The minimum Gasteiger partial charge on any atom is -0.292 e. The van der Waals surface area contributed by atoms with Crippen molar-refractivity contribution in [3.8, 4) is 0 Å². The Kier molecular flexibility index (Phi) is 6.17. The molecule has 5 rings (SSSR count). The van der Waals surface area contributed by atoms with E-state index in [1.54, 1.807) is 6.20 Å². The zero-order chi connectivity index (χ0) is 21.5. The van der Waals surface area contributed by atoms with Crippen LogP contribution in [0.1, 0.15) is 103 Å². The second-order valence-electron chi connectivity index (χ2n) is 11.3. The van der Waals surface area contributed by atoms with Crippen molar-refractivity contribution < 1.29 is 4.79 Å². The minimum atomic E-state index is 0.185. The number of fused-ring (bicyclic) bond motifs is 5. The van der Waals surface area contributed by atoms with E-state index in [1.807, 2.05) is 32.0 Å². The van der Waals surface area contributed by atoms with Crippen molar-refractivity contribution in [3.63, 3.8) is 0 Å². The van der Waals surface area contributed by atoms with Crippen LogP contribution in [0.3, 0.4) is 0 Å². The summed E-state index contributed by atoms with van der Waals surface area (Å²) in [4.78, 5) is 17.7. The van der Waals surface area contributed by atoms with Gasteiger partial charge in [0.05, 0.1) is 0 Å². The molecule has 0 radical (unpaired) electrons. The Labute approximate surface area is 184 Å². The van der Waals surface area contributed by atoms with Gasteiger partial charge in [0.2, 0.25) is 0 Å². The zero-order valence-electron chi connectivity index (χ0n) is 20.0. The van der Waals surface area contributed by atoms with Crippen molar-refractivity contribution >= 4 is 5.78 Å². The van der Waals surface area contributed by atoms with Crippen LogP contribution in [0.2, 0.25) is 0 Å². The normalized spacial score (nSPS) is 44.7. The molecular weight excluding hydrogens is 366 g/mol. The quantitative estimate of drug-likeness (QED) is 0.471. The van der Waals surface area contributed by atoms with Gasteiger partial charge in [0.15, 0.2) is 5.78 Å². The number of carbonyl (C=O) groups excluding carboxylic acids is 1. The van der Waals surface area contributed by atoms with E-state index >= 15 is 0 Å². The first-order valence-electron chi connectivity index (χ1n) is 12.9. The Hall–Kier alpha value is -1.18. The van der Waals surface area contributed by atoms with E-state index in [1.165, 1.54) is 51.4 Å². The third kappa shape index (κ3) is 3.37. The highest BCUT2D eigenvalue weighted by Gasteiger charge is 2.61. The monoisotopic (exact) mass is 409 g/mol. The van der Waals surface area contributed by atoms with Crippen molar-refractivity contribution in [1.29, 1.82) is 0 Å². The van der Waals surface area contributed by atoms with Crippen LogP contribution in [-0.4, -0.2) is 10.8 Å². The molecule has 0 bridgehead atoms. The summed E-state index contributed by atoms with van der Waals surface area (Å²) in [6.45, 7) is 11.6. The molecule has 4 aliphatic rings. The number of aromatic nitrogens is 1. The molecule has 0 amide bonds. The summed E-state index contributed by atoms with van der Waals surface area (Å²) < 4.78 is 0. The summed E-state index contributed by atoms with van der Waals surface area (Å²) in [5.74, 6) is 4.89. The van der Waals surface area contributed by atoms with Crippen LogP contribution in [-0.2, 0) is 0 Å². The fourth-order valence-corrected chi connectivity index (χ4v) is 8.59. The molecule has 8 atom stereocenters. The fraction of sp³-hybridized carbons (Fsp3) is 0.786. The maximum atomic E-state index is 13.3. The first-order valence-corrected chi connectivity index (χ1v) is 12.9. The SMILES string of the molecule is CC.CC1CCC2(C)C(CCC3C2CCC2(C)C(C(=O)c4ccccn4)CCC32)C1. The highest BCUT2D eigenvalue weighted by Crippen LogP contribution is 2.67. The first kappa shape index (κ1) is 22.0. The lowest BCUT2D eigenvalue weighted by Crippen LogP contribution is -2.53. The van der Waals surface area contributed by atoms with Crippen LogP contribution in [0.25, 0.3) is 0 Å². The molecule has 0 aliphatic heterocycles. The summed E-state index contributed by atoms with van der Waals surface area (Å²) in [5, 5.41) is 0. The summed E-state index contributed by atoms with van der Waals surface area (Å²) >= 11 is 0. The highest BCUT2D eigenvalue weighted by molar-refractivity contribution is 5.96. The molecule has 1 heterocycles. The average Bonchev–Trinajstić information content (AvgIpc) is 3.13. The lowest BCUT2D eigenvalue weighted by molar-refractivity contribution is -0.114. The van der Waals surface area contributed by atoms with Gasteiger partial charge in [0.25, 0.3) is 0 Å². The molecule has 4 fully saturated rings. The lowest BCUT2D eigenvalue weighted by atomic mass is 9.44. The molecule has 0 aromatic carbocycles. The van der Waals surface area contributed by atoms with E-state index in [9.17, 15) is 4.79 Å². The molecule has 166 valence electrons. The Balaban J connectivity index is 0.00000106. The van der Waals surface area contributed by atoms with Crippen LogP contribution < -0.4 is 0 Å². The van der Waals surface area contributed by atoms with Gasteiger partial charge in [-0.3, -0.25) is 9.78 Å². The number of nitrogens with zero attached hydrogens (tertiary/aromatic N) is 1. The topological polar surface area (TPSA) is 30.0 Å². The molecule has 4 aliphatic carbocycles. The maximum absolute atomic E-state index is 13.3. The van der Waals surface area contributed by atoms with Crippen molar-refractivity contribution in [2.75, 3.05) is 0 Å². The highest BCUT2D eigenvalue weighted by atomic mass is 16.1. The molecule has 4 saturated carbocycles. The minimum absolute atomic E-state index is 0.185. The Morgan fingerprint density at radius 1 is 0.933 bits per heavy atom. The van der Waals surface area contributed by atoms with Crippen LogP contribution >= 0.6 is 0 Å². The molecule has 2 nitrogen and oxygen atoms in total. The van der Waals surface area contributed by atoms with Gasteiger partial charge in [0.1, 0.15) is 5.69 Å². The second kappa shape index (κ2) is 8.40. The summed E-state index contributed by atoms with van der Waals surface area (Å²) in [6, 6.07) is 5.78. The van der Waals surface area contributed by atoms with E-state index < -0.39 is 0 Å². The Morgan fingerprint density at radius 2 is 1.67 bits per heavy atom. The summed E-state index contributed by atoms with van der Waals surface area (Å²) in [7, 11) is 0. The number of hydrogen-bond acceptors (Lipinski definition) is 2.